The second kappa shape index (κ2) is 6.01. The summed E-state index contributed by atoms with van der Waals surface area (Å²) in [5.74, 6) is -0.663. The number of fused-ring (bicyclic) bond motifs is 1. The molecule has 3 heterocycles. The van der Waals surface area contributed by atoms with Gasteiger partial charge in [-0.1, -0.05) is 18.2 Å². The maximum Gasteiger partial charge on any atom is 0.437 e. The smallest absolute Gasteiger partial charge is 0.388 e. The molecule has 0 unspecified atom stereocenters. The van der Waals surface area contributed by atoms with Crippen LogP contribution in [0.2, 0.25) is 0 Å². The van der Waals surface area contributed by atoms with Crippen LogP contribution in [0.5, 0.6) is 0 Å². The van der Waals surface area contributed by atoms with Crippen LogP contribution in [0.25, 0.3) is 11.5 Å². The van der Waals surface area contributed by atoms with E-state index in [1.807, 2.05) is 31.2 Å². The maximum atomic E-state index is 12.8. The molecule has 0 N–H and O–H groups in total. The summed E-state index contributed by atoms with van der Waals surface area (Å²) in [4.78, 5) is 30.4. The number of pyridine rings is 1. The molecule has 1 aromatic carbocycles. The minimum absolute atomic E-state index is 0.0483. The molecule has 25 heavy (non-hydrogen) atoms. The Bertz CT molecular complexity index is 977. The van der Waals surface area contributed by atoms with Gasteiger partial charge in [0.05, 0.1) is 0 Å². The average Bonchev–Trinajstić information content (AvgIpc) is 3.15. The Balaban J connectivity index is 1.60. The number of carbonyl (C=O) groups excluding carboxylic acids is 1. The highest BCUT2D eigenvalue weighted by Crippen LogP contribution is 2.31. The normalized spacial score (nSPS) is 16.0. The molecule has 7 heteroatoms. The average molecular weight is 336 g/mol. The van der Waals surface area contributed by atoms with Crippen LogP contribution < -0.4 is 10.7 Å². The first-order valence-corrected chi connectivity index (χ1v) is 8.02. The van der Waals surface area contributed by atoms with E-state index < -0.39 is 5.76 Å². The Morgan fingerprint density at radius 1 is 1.24 bits per heavy atom. The van der Waals surface area contributed by atoms with Gasteiger partial charge in [0.2, 0.25) is 11.8 Å². The van der Waals surface area contributed by atoms with Gasteiger partial charge in [0.1, 0.15) is 6.54 Å². The number of hydrogen-bond acceptors (Lipinski definition) is 5. The summed E-state index contributed by atoms with van der Waals surface area (Å²) in [6.45, 7) is 1.83. The van der Waals surface area contributed by atoms with Crippen molar-refractivity contribution in [3.05, 3.63) is 64.9 Å². The number of aromatic nitrogens is 3. The number of benzene rings is 1. The van der Waals surface area contributed by atoms with E-state index in [4.69, 9.17) is 4.42 Å². The quantitative estimate of drug-likeness (QED) is 0.729. The molecule has 0 fully saturated rings. The molecule has 1 atom stereocenters. The van der Waals surface area contributed by atoms with E-state index in [1.54, 1.807) is 29.4 Å². The number of para-hydroxylation sites is 1. The second-order valence-electron chi connectivity index (χ2n) is 6.01. The topological polar surface area (TPSA) is 81.2 Å². The molecule has 7 nitrogen and oxygen atoms in total. The lowest BCUT2D eigenvalue weighted by Gasteiger charge is -2.22. The van der Waals surface area contributed by atoms with E-state index in [-0.39, 0.29) is 24.4 Å². The van der Waals surface area contributed by atoms with Crippen molar-refractivity contribution >= 4 is 11.6 Å². The number of amides is 1. The third-order valence-electron chi connectivity index (χ3n) is 4.29. The first-order chi connectivity index (χ1) is 12.1. The number of hydrogen-bond donors (Lipinski definition) is 0. The largest absolute Gasteiger partial charge is 0.437 e. The van der Waals surface area contributed by atoms with Crippen molar-refractivity contribution in [1.29, 1.82) is 0 Å². The number of anilines is 1. The zero-order valence-corrected chi connectivity index (χ0v) is 13.6. The highest BCUT2D eigenvalue weighted by Gasteiger charge is 2.31. The van der Waals surface area contributed by atoms with Gasteiger partial charge < -0.3 is 9.32 Å². The molecule has 0 aliphatic carbocycles. The first-order valence-electron chi connectivity index (χ1n) is 8.02. The van der Waals surface area contributed by atoms with E-state index >= 15 is 0 Å². The van der Waals surface area contributed by atoms with Crippen molar-refractivity contribution in [3.63, 3.8) is 0 Å². The van der Waals surface area contributed by atoms with Gasteiger partial charge in [-0.25, -0.2) is 4.79 Å². The van der Waals surface area contributed by atoms with Gasteiger partial charge in [0.15, 0.2) is 0 Å². The van der Waals surface area contributed by atoms with Gasteiger partial charge >= 0.3 is 5.76 Å². The third-order valence-corrected chi connectivity index (χ3v) is 4.29. The zero-order chi connectivity index (χ0) is 17.4. The van der Waals surface area contributed by atoms with Crippen LogP contribution in [-0.2, 0) is 17.8 Å². The standard InChI is InChI=1S/C18H16N4O3/c1-12-10-14-4-2-3-5-15(14)22(12)16(23)11-21-18(24)25-17(20-21)13-6-8-19-9-7-13/h2-9,12H,10-11H2,1H3/t12-/m0/s1. The highest BCUT2D eigenvalue weighted by atomic mass is 16.4. The lowest BCUT2D eigenvalue weighted by molar-refractivity contribution is -0.119. The number of carbonyl (C=O) groups is 1. The molecule has 0 saturated carbocycles. The number of nitrogens with zero attached hydrogens (tertiary/aromatic N) is 4. The Hall–Kier alpha value is -3.22. The van der Waals surface area contributed by atoms with Gasteiger partial charge in [-0.2, -0.15) is 4.68 Å². The van der Waals surface area contributed by atoms with E-state index in [0.717, 1.165) is 22.4 Å². The third kappa shape index (κ3) is 2.73. The van der Waals surface area contributed by atoms with Crippen molar-refractivity contribution in [3.8, 4) is 11.5 Å². The van der Waals surface area contributed by atoms with Crippen molar-refractivity contribution in [2.24, 2.45) is 0 Å². The minimum Gasteiger partial charge on any atom is -0.388 e. The van der Waals surface area contributed by atoms with Crippen LogP contribution >= 0.6 is 0 Å². The summed E-state index contributed by atoms with van der Waals surface area (Å²) in [5, 5.41) is 4.13. The highest BCUT2D eigenvalue weighted by molar-refractivity contribution is 5.96. The van der Waals surface area contributed by atoms with Crippen molar-refractivity contribution in [2.75, 3.05) is 4.90 Å². The summed E-state index contributed by atoms with van der Waals surface area (Å²) in [7, 11) is 0. The van der Waals surface area contributed by atoms with E-state index in [9.17, 15) is 9.59 Å². The fraction of sp³-hybridized carbons (Fsp3) is 0.222. The molecule has 1 amide bonds. The minimum atomic E-state index is -0.653. The van der Waals surface area contributed by atoms with Gasteiger partial charge in [-0.3, -0.25) is 9.78 Å². The summed E-state index contributed by atoms with van der Waals surface area (Å²) in [5.41, 5.74) is 2.66. The summed E-state index contributed by atoms with van der Waals surface area (Å²) in [6, 6.07) is 11.2. The Labute approximate surface area is 143 Å². The van der Waals surface area contributed by atoms with Crippen molar-refractivity contribution < 1.29 is 9.21 Å². The fourth-order valence-corrected chi connectivity index (χ4v) is 3.17. The van der Waals surface area contributed by atoms with Crippen molar-refractivity contribution in [1.82, 2.24) is 14.8 Å². The van der Waals surface area contributed by atoms with Crippen molar-refractivity contribution in [2.45, 2.75) is 25.9 Å². The molecule has 0 spiro atoms. The molecular formula is C18H16N4O3. The van der Waals surface area contributed by atoms with Crippen LogP contribution in [0.15, 0.2) is 58.0 Å². The van der Waals surface area contributed by atoms with Gasteiger partial charge in [0.25, 0.3) is 0 Å². The van der Waals surface area contributed by atoms with Gasteiger partial charge in [0, 0.05) is 29.7 Å². The maximum absolute atomic E-state index is 12.8. The molecule has 2 aromatic heterocycles. The molecule has 1 aliphatic rings. The Morgan fingerprint density at radius 2 is 2.00 bits per heavy atom. The SMILES string of the molecule is C[C@H]1Cc2ccccc2N1C(=O)Cn1nc(-c2ccncc2)oc1=O. The van der Waals surface area contributed by atoms with E-state index in [2.05, 4.69) is 10.1 Å². The lowest BCUT2D eigenvalue weighted by Crippen LogP contribution is -2.39. The summed E-state index contributed by atoms with van der Waals surface area (Å²) in [6.07, 6.45) is 3.97. The predicted molar refractivity (Wildman–Crippen MR) is 91.1 cm³/mol. The molecule has 3 aromatic rings. The molecule has 4 rings (SSSR count). The van der Waals surface area contributed by atoms with Gasteiger partial charge in [-0.15, -0.1) is 5.10 Å². The first kappa shape index (κ1) is 15.3. The molecule has 0 bridgehead atoms. The predicted octanol–water partition coefficient (Wildman–Crippen LogP) is 1.88. The lowest BCUT2D eigenvalue weighted by atomic mass is 10.1. The molecule has 0 radical (unpaired) electrons. The Morgan fingerprint density at radius 3 is 2.80 bits per heavy atom. The van der Waals surface area contributed by atoms with Crippen LogP contribution in [0, 0.1) is 0 Å². The van der Waals surface area contributed by atoms with Gasteiger partial charge in [-0.05, 0) is 37.1 Å². The summed E-state index contributed by atoms with van der Waals surface area (Å²) < 4.78 is 6.22. The van der Waals surface area contributed by atoms with Crippen LogP contribution in [0.3, 0.4) is 0 Å². The summed E-state index contributed by atoms with van der Waals surface area (Å²) >= 11 is 0. The fourth-order valence-electron chi connectivity index (χ4n) is 3.17. The van der Waals surface area contributed by atoms with Crippen LogP contribution in [0.1, 0.15) is 12.5 Å². The van der Waals surface area contributed by atoms with Crippen LogP contribution in [-0.4, -0.2) is 26.7 Å². The molecule has 1 aliphatic heterocycles. The monoisotopic (exact) mass is 336 g/mol. The molecule has 0 saturated heterocycles. The zero-order valence-electron chi connectivity index (χ0n) is 13.6. The molecular weight excluding hydrogens is 320 g/mol. The van der Waals surface area contributed by atoms with Crippen LogP contribution in [0.4, 0.5) is 5.69 Å². The second-order valence-corrected chi connectivity index (χ2v) is 6.01. The molecule has 126 valence electrons. The number of rotatable bonds is 3. The Kier molecular flexibility index (Phi) is 3.68. The van der Waals surface area contributed by atoms with E-state index in [1.165, 1.54) is 0 Å². The van der Waals surface area contributed by atoms with E-state index in [0.29, 0.717) is 5.56 Å².